The fourth-order valence-electron chi connectivity index (χ4n) is 3.46. The van der Waals surface area contributed by atoms with Crippen LogP contribution < -0.4 is 5.32 Å². The molecule has 5 aromatic rings. The molecule has 158 valence electrons. The number of amides is 1. The van der Waals surface area contributed by atoms with Crippen LogP contribution in [0.15, 0.2) is 84.0 Å². The summed E-state index contributed by atoms with van der Waals surface area (Å²) in [5.41, 5.74) is 2.81. The first kappa shape index (κ1) is 20.1. The number of aromatic nitrogens is 4. The van der Waals surface area contributed by atoms with Crippen molar-refractivity contribution in [2.24, 2.45) is 0 Å². The quantitative estimate of drug-likeness (QED) is 0.299. The van der Waals surface area contributed by atoms with Gasteiger partial charge in [-0.25, -0.2) is 14.4 Å². The van der Waals surface area contributed by atoms with Crippen LogP contribution in [-0.4, -0.2) is 25.5 Å². The maximum absolute atomic E-state index is 13.3. The van der Waals surface area contributed by atoms with E-state index in [1.165, 1.54) is 36.0 Å². The molecule has 0 spiro atoms. The molecule has 0 saturated heterocycles. The Morgan fingerprint density at radius 1 is 0.969 bits per heavy atom. The number of nitrogens with one attached hydrogen (secondary N) is 1. The number of aryl methyl sites for hydroxylation is 1. The molecule has 0 radical (unpaired) electrons. The van der Waals surface area contributed by atoms with Crippen LogP contribution in [-0.2, 0) is 4.79 Å². The lowest BCUT2D eigenvalue weighted by Crippen LogP contribution is -2.19. The number of para-hydroxylation sites is 1. The zero-order valence-electron chi connectivity index (χ0n) is 17.1. The highest BCUT2D eigenvalue weighted by atomic mass is 32.2. The monoisotopic (exact) mass is 443 g/mol. The molecule has 1 atom stereocenters. The Morgan fingerprint density at radius 2 is 1.69 bits per heavy atom. The Labute approximate surface area is 187 Å². The van der Waals surface area contributed by atoms with Gasteiger partial charge < -0.3 is 5.32 Å². The molecule has 2 aromatic heterocycles. The van der Waals surface area contributed by atoms with Gasteiger partial charge >= 0.3 is 0 Å². The zero-order valence-corrected chi connectivity index (χ0v) is 17.9. The lowest BCUT2D eigenvalue weighted by molar-refractivity contribution is -0.115. The molecule has 6 nitrogen and oxygen atoms in total. The van der Waals surface area contributed by atoms with E-state index in [1.807, 2.05) is 61.5 Å². The number of benzene rings is 3. The zero-order chi connectivity index (χ0) is 22.1. The molecule has 0 fully saturated rings. The lowest BCUT2D eigenvalue weighted by atomic mass is 10.1. The van der Waals surface area contributed by atoms with E-state index in [0.29, 0.717) is 22.3 Å². The Kier molecular flexibility index (Phi) is 5.28. The number of nitrogens with zero attached hydrogens (tertiary/aromatic N) is 4. The highest BCUT2D eigenvalue weighted by molar-refractivity contribution is 8.00. The van der Waals surface area contributed by atoms with E-state index in [0.717, 1.165) is 16.5 Å². The van der Waals surface area contributed by atoms with Crippen LogP contribution in [0.2, 0.25) is 0 Å². The third kappa shape index (κ3) is 3.92. The molecule has 0 saturated carbocycles. The van der Waals surface area contributed by atoms with E-state index in [-0.39, 0.29) is 11.7 Å². The van der Waals surface area contributed by atoms with E-state index in [1.54, 1.807) is 4.52 Å². The Morgan fingerprint density at radius 3 is 2.47 bits per heavy atom. The summed E-state index contributed by atoms with van der Waals surface area (Å²) < 4.78 is 15.0. The summed E-state index contributed by atoms with van der Waals surface area (Å²) in [5, 5.41) is 8.23. The summed E-state index contributed by atoms with van der Waals surface area (Å²) in [5.74, 6) is 0.0195. The summed E-state index contributed by atoms with van der Waals surface area (Å²) in [6, 6.07) is 22.9. The predicted molar refractivity (Wildman–Crippen MR) is 123 cm³/mol. The molecule has 0 aliphatic rings. The average Bonchev–Trinajstić information content (AvgIpc) is 3.21. The van der Waals surface area contributed by atoms with Crippen LogP contribution >= 0.6 is 11.8 Å². The van der Waals surface area contributed by atoms with Gasteiger partial charge in [0.25, 0.3) is 0 Å². The summed E-state index contributed by atoms with van der Waals surface area (Å²) in [7, 11) is 0. The molecule has 1 amide bonds. The fraction of sp³-hybridized carbons (Fsp3) is 0.0833. The number of rotatable bonds is 5. The predicted octanol–water partition coefficient (Wildman–Crippen LogP) is 5.20. The van der Waals surface area contributed by atoms with Gasteiger partial charge in [0.1, 0.15) is 16.9 Å². The van der Waals surface area contributed by atoms with Gasteiger partial charge in [-0.15, -0.1) is 5.10 Å². The number of anilines is 1. The van der Waals surface area contributed by atoms with E-state index in [2.05, 4.69) is 15.4 Å². The maximum atomic E-state index is 13.3. The first-order valence-corrected chi connectivity index (χ1v) is 10.9. The van der Waals surface area contributed by atoms with Crippen molar-refractivity contribution in [3.8, 4) is 0 Å². The van der Waals surface area contributed by atoms with Crippen LogP contribution in [0.4, 0.5) is 10.1 Å². The minimum absolute atomic E-state index is 0.243. The van der Waals surface area contributed by atoms with Gasteiger partial charge in [-0.1, -0.05) is 54.2 Å². The van der Waals surface area contributed by atoms with Crippen molar-refractivity contribution in [3.05, 3.63) is 96.1 Å². The number of halogens is 1. The highest BCUT2D eigenvalue weighted by Gasteiger charge is 2.25. The first-order valence-electron chi connectivity index (χ1n) is 9.98. The smallest absolute Gasteiger partial charge is 0.242 e. The van der Waals surface area contributed by atoms with Gasteiger partial charge in [-0.2, -0.15) is 4.52 Å². The number of hydrogen-bond acceptors (Lipinski definition) is 5. The minimum Gasteiger partial charge on any atom is -0.325 e. The Bertz CT molecular complexity index is 1420. The Balaban J connectivity index is 1.57. The standard InChI is InChI=1S/C24H18FN5OS/c1-15-26-22-19-9-5-6-10-20(19)28-24(30(22)29-15)32-21(16-7-3-2-4-8-16)23(31)27-18-13-11-17(25)12-14-18/h2-14,21H,1H3,(H,27,31). The first-order chi connectivity index (χ1) is 15.6. The Hall–Kier alpha value is -3.78. The van der Waals surface area contributed by atoms with Crippen LogP contribution in [0.1, 0.15) is 16.6 Å². The largest absolute Gasteiger partial charge is 0.325 e. The minimum atomic E-state index is -0.609. The molecule has 5 rings (SSSR count). The molecule has 0 bridgehead atoms. The SMILES string of the molecule is Cc1nc2c3ccccc3nc(SC(C(=O)Nc3ccc(F)cc3)c3ccccc3)n2n1. The second-order valence-electron chi connectivity index (χ2n) is 7.21. The second-order valence-corrected chi connectivity index (χ2v) is 8.28. The van der Waals surface area contributed by atoms with Gasteiger partial charge in [-0.3, -0.25) is 4.79 Å². The summed E-state index contributed by atoms with van der Waals surface area (Å²) in [4.78, 5) is 22.7. The number of fused-ring (bicyclic) bond motifs is 3. The molecule has 3 aromatic carbocycles. The van der Waals surface area contributed by atoms with E-state index in [4.69, 9.17) is 4.98 Å². The van der Waals surface area contributed by atoms with Crippen molar-refractivity contribution in [1.29, 1.82) is 0 Å². The summed E-state index contributed by atoms with van der Waals surface area (Å²) in [6.45, 7) is 1.83. The number of thioether (sulfide) groups is 1. The fourth-order valence-corrected chi connectivity index (χ4v) is 4.51. The molecule has 32 heavy (non-hydrogen) atoms. The van der Waals surface area contributed by atoms with E-state index >= 15 is 0 Å². The molecule has 0 aliphatic heterocycles. The van der Waals surface area contributed by atoms with Gasteiger partial charge in [0.15, 0.2) is 10.8 Å². The van der Waals surface area contributed by atoms with Crippen molar-refractivity contribution >= 4 is 39.9 Å². The average molecular weight is 444 g/mol. The van der Waals surface area contributed by atoms with Crippen molar-refractivity contribution in [1.82, 2.24) is 19.6 Å². The molecule has 0 aliphatic carbocycles. The molecule has 8 heteroatoms. The van der Waals surface area contributed by atoms with Crippen LogP contribution in [0.3, 0.4) is 0 Å². The van der Waals surface area contributed by atoms with Crippen LogP contribution in [0.25, 0.3) is 16.6 Å². The number of carbonyl (C=O) groups excluding carboxylic acids is 1. The molecule has 1 N–H and O–H groups in total. The van der Waals surface area contributed by atoms with Crippen molar-refractivity contribution in [2.75, 3.05) is 5.32 Å². The van der Waals surface area contributed by atoms with E-state index in [9.17, 15) is 9.18 Å². The van der Waals surface area contributed by atoms with Gasteiger partial charge in [0.05, 0.1) is 5.52 Å². The normalized spacial score (nSPS) is 12.2. The van der Waals surface area contributed by atoms with Crippen molar-refractivity contribution < 1.29 is 9.18 Å². The third-order valence-corrected chi connectivity index (χ3v) is 6.13. The molecule has 1 unspecified atom stereocenters. The second kappa shape index (κ2) is 8.39. The number of carbonyl (C=O) groups is 1. The van der Waals surface area contributed by atoms with Gasteiger partial charge in [-0.05, 0) is 48.9 Å². The van der Waals surface area contributed by atoms with E-state index < -0.39 is 5.25 Å². The number of hydrogen-bond donors (Lipinski definition) is 1. The highest BCUT2D eigenvalue weighted by Crippen LogP contribution is 2.36. The van der Waals surface area contributed by atoms with Gasteiger partial charge in [0, 0.05) is 11.1 Å². The van der Waals surface area contributed by atoms with Crippen molar-refractivity contribution in [2.45, 2.75) is 17.3 Å². The topological polar surface area (TPSA) is 72.2 Å². The maximum Gasteiger partial charge on any atom is 0.242 e. The molecular formula is C24H18FN5OS. The van der Waals surface area contributed by atoms with Crippen LogP contribution in [0.5, 0.6) is 0 Å². The third-order valence-electron chi connectivity index (χ3n) is 4.93. The molecular weight excluding hydrogens is 425 g/mol. The van der Waals surface area contributed by atoms with Gasteiger partial charge in [0.2, 0.25) is 5.91 Å². The summed E-state index contributed by atoms with van der Waals surface area (Å²) in [6.07, 6.45) is 0. The lowest BCUT2D eigenvalue weighted by Gasteiger charge is -2.17. The molecule has 2 heterocycles. The van der Waals surface area contributed by atoms with Crippen LogP contribution in [0, 0.1) is 12.7 Å². The summed E-state index contributed by atoms with van der Waals surface area (Å²) >= 11 is 1.29. The van der Waals surface area contributed by atoms with Crippen molar-refractivity contribution in [3.63, 3.8) is 0 Å².